The molecule has 0 radical (unpaired) electrons. The molecule has 0 amide bonds. The highest BCUT2D eigenvalue weighted by Gasteiger charge is 2.19. The number of anilines is 1. The van der Waals surface area contributed by atoms with E-state index < -0.39 is 27.3 Å². The van der Waals surface area contributed by atoms with Crippen LogP contribution in [-0.2, 0) is 10.0 Å². The van der Waals surface area contributed by atoms with Crippen molar-refractivity contribution in [1.82, 2.24) is 0 Å². The van der Waals surface area contributed by atoms with Gasteiger partial charge in [-0.2, -0.15) is 0 Å². The maximum absolute atomic E-state index is 13.3. The van der Waals surface area contributed by atoms with Gasteiger partial charge in [0.25, 0.3) is 10.0 Å². The first-order valence-electron chi connectivity index (χ1n) is 4.51. The van der Waals surface area contributed by atoms with Crippen LogP contribution in [0.2, 0.25) is 0 Å². The van der Waals surface area contributed by atoms with Gasteiger partial charge in [-0.05, 0) is 23.6 Å². The number of benzene rings is 1. The first kappa shape index (κ1) is 12.0. The van der Waals surface area contributed by atoms with Gasteiger partial charge in [0.2, 0.25) is 0 Å². The van der Waals surface area contributed by atoms with Crippen molar-refractivity contribution in [2.75, 3.05) is 4.72 Å². The Kier molecular flexibility index (Phi) is 3.12. The number of thiophene rings is 1. The minimum atomic E-state index is -3.93. The number of halogens is 2. The number of nitrogens with one attached hydrogen (secondary N) is 1. The van der Waals surface area contributed by atoms with E-state index in [4.69, 9.17) is 0 Å². The van der Waals surface area contributed by atoms with E-state index in [2.05, 4.69) is 0 Å². The van der Waals surface area contributed by atoms with Crippen molar-refractivity contribution in [3.63, 3.8) is 0 Å². The Morgan fingerprint density at radius 1 is 1.06 bits per heavy atom. The van der Waals surface area contributed by atoms with Crippen molar-refractivity contribution in [2.45, 2.75) is 4.21 Å². The van der Waals surface area contributed by atoms with Gasteiger partial charge in [-0.3, -0.25) is 4.72 Å². The SMILES string of the molecule is O=S(=O)(Nc1c(F)cccc1F)c1cccs1. The summed E-state index contributed by atoms with van der Waals surface area (Å²) in [7, 11) is -3.93. The molecule has 0 aliphatic carbocycles. The van der Waals surface area contributed by atoms with Gasteiger partial charge in [-0.15, -0.1) is 11.3 Å². The summed E-state index contributed by atoms with van der Waals surface area (Å²) in [5.74, 6) is -1.91. The van der Waals surface area contributed by atoms with Crippen molar-refractivity contribution in [3.8, 4) is 0 Å². The van der Waals surface area contributed by atoms with Crippen molar-refractivity contribution >= 4 is 27.0 Å². The van der Waals surface area contributed by atoms with Crippen LogP contribution in [0.5, 0.6) is 0 Å². The van der Waals surface area contributed by atoms with Crippen LogP contribution in [0.1, 0.15) is 0 Å². The molecule has 1 heterocycles. The predicted octanol–water partition coefficient (Wildman–Crippen LogP) is 2.83. The molecule has 1 N–H and O–H groups in total. The summed E-state index contributed by atoms with van der Waals surface area (Å²) in [6.07, 6.45) is 0. The van der Waals surface area contributed by atoms with Crippen LogP contribution in [0, 0.1) is 11.6 Å². The van der Waals surface area contributed by atoms with Crippen molar-refractivity contribution in [1.29, 1.82) is 0 Å². The van der Waals surface area contributed by atoms with Crippen LogP contribution >= 0.6 is 11.3 Å². The Hall–Kier alpha value is -1.47. The molecule has 1 aromatic carbocycles. The zero-order valence-corrected chi connectivity index (χ0v) is 9.99. The molecular formula is C10H7F2NO2S2. The third-order valence-corrected chi connectivity index (χ3v) is 4.71. The van der Waals surface area contributed by atoms with Gasteiger partial charge < -0.3 is 0 Å². The molecule has 0 unspecified atom stereocenters. The molecule has 0 atom stereocenters. The van der Waals surface area contributed by atoms with Gasteiger partial charge in [-0.25, -0.2) is 17.2 Å². The van der Waals surface area contributed by atoms with E-state index in [1.165, 1.54) is 12.1 Å². The van der Waals surface area contributed by atoms with Gasteiger partial charge in [0.05, 0.1) is 0 Å². The summed E-state index contributed by atoms with van der Waals surface area (Å²) < 4.78 is 51.9. The fourth-order valence-electron chi connectivity index (χ4n) is 1.20. The molecule has 0 saturated heterocycles. The molecule has 2 aromatic rings. The van der Waals surface area contributed by atoms with Gasteiger partial charge in [0.1, 0.15) is 21.5 Å². The van der Waals surface area contributed by atoms with E-state index in [0.717, 1.165) is 29.5 Å². The highest BCUT2D eigenvalue weighted by molar-refractivity contribution is 7.94. The van der Waals surface area contributed by atoms with Crippen molar-refractivity contribution in [2.24, 2.45) is 0 Å². The molecule has 0 bridgehead atoms. The lowest BCUT2D eigenvalue weighted by Gasteiger charge is -2.07. The largest absolute Gasteiger partial charge is 0.273 e. The molecule has 90 valence electrons. The van der Waals surface area contributed by atoms with Crippen molar-refractivity contribution < 1.29 is 17.2 Å². The quantitative estimate of drug-likeness (QED) is 0.936. The summed E-state index contributed by atoms with van der Waals surface area (Å²) in [5, 5.41) is 1.56. The minimum absolute atomic E-state index is 0.000142. The monoisotopic (exact) mass is 275 g/mol. The van der Waals surface area contributed by atoms with Gasteiger partial charge in [0.15, 0.2) is 0 Å². The van der Waals surface area contributed by atoms with E-state index in [1.54, 1.807) is 5.38 Å². The normalized spacial score (nSPS) is 11.4. The lowest BCUT2D eigenvalue weighted by molar-refractivity contribution is 0.583. The third-order valence-electron chi connectivity index (χ3n) is 1.96. The number of hydrogen-bond acceptors (Lipinski definition) is 3. The Bertz CT molecular complexity index is 604. The van der Waals surface area contributed by atoms with Crippen LogP contribution in [0.15, 0.2) is 39.9 Å². The first-order valence-corrected chi connectivity index (χ1v) is 6.87. The molecule has 2 rings (SSSR count). The lowest BCUT2D eigenvalue weighted by atomic mass is 10.3. The molecular weight excluding hydrogens is 268 g/mol. The Morgan fingerprint density at radius 2 is 1.71 bits per heavy atom. The summed E-state index contributed by atoms with van der Waals surface area (Å²) in [6, 6.07) is 6.01. The Labute approximate surface area is 101 Å². The Balaban J connectivity index is 2.40. The topological polar surface area (TPSA) is 46.2 Å². The van der Waals surface area contributed by atoms with Crippen LogP contribution in [0.4, 0.5) is 14.5 Å². The fourth-order valence-corrected chi connectivity index (χ4v) is 3.27. The molecule has 3 nitrogen and oxygen atoms in total. The average molecular weight is 275 g/mol. The van der Waals surface area contributed by atoms with Crippen LogP contribution in [0.3, 0.4) is 0 Å². The second-order valence-electron chi connectivity index (χ2n) is 3.13. The number of hydrogen-bond donors (Lipinski definition) is 1. The lowest BCUT2D eigenvalue weighted by Crippen LogP contribution is -2.13. The average Bonchev–Trinajstić information content (AvgIpc) is 2.77. The summed E-state index contributed by atoms with van der Waals surface area (Å²) in [5.41, 5.74) is -0.666. The minimum Gasteiger partial charge on any atom is -0.273 e. The molecule has 0 spiro atoms. The first-order chi connectivity index (χ1) is 8.00. The third kappa shape index (κ3) is 2.45. The standard InChI is InChI=1S/C10H7F2NO2S2/c11-7-3-1-4-8(12)10(7)13-17(14,15)9-5-2-6-16-9/h1-6,13H. The van der Waals surface area contributed by atoms with Gasteiger partial charge in [0, 0.05) is 0 Å². The second-order valence-corrected chi connectivity index (χ2v) is 5.99. The number of para-hydroxylation sites is 1. The van der Waals surface area contributed by atoms with Crippen molar-refractivity contribution in [3.05, 3.63) is 47.3 Å². The van der Waals surface area contributed by atoms with E-state index in [9.17, 15) is 17.2 Å². The predicted molar refractivity (Wildman–Crippen MR) is 61.5 cm³/mol. The summed E-state index contributed by atoms with van der Waals surface area (Å²) in [4.78, 5) is 0. The number of rotatable bonds is 3. The molecule has 0 fully saturated rings. The fraction of sp³-hybridized carbons (Fsp3) is 0. The van der Waals surface area contributed by atoms with Gasteiger partial charge >= 0.3 is 0 Å². The zero-order valence-electron chi connectivity index (χ0n) is 8.35. The summed E-state index contributed by atoms with van der Waals surface area (Å²) in [6.45, 7) is 0. The molecule has 17 heavy (non-hydrogen) atoms. The Morgan fingerprint density at radius 3 is 2.24 bits per heavy atom. The summed E-state index contributed by atoms with van der Waals surface area (Å²) >= 11 is 0.965. The maximum atomic E-state index is 13.3. The zero-order chi connectivity index (χ0) is 12.5. The van der Waals surface area contributed by atoms with E-state index >= 15 is 0 Å². The number of sulfonamides is 1. The van der Waals surface area contributed by atoms with E-state index in [0.29, 0.717) is 0 Å². The highest BCUT2D eigenvalue weighted by atomic mass is 32.2. The second kappa shape index (κ2) is 4.42. The smallest absolute Gasteiger partial charge is 0.271 e. The maximum Gasteiger partial charge on any atom is 0.271 e. The molecule has 0 saturated carbocycles. The van der Waals surface area contributed by atoms with Crippen LogP contribution in [0.25, 0.3) is 0 Å². The molecule has 7 heteroatoms. The van der Waals surface area contributed by atoms with E-state index in [1.807, 2.05) is 4.72 Å². The molecule has 0 aliphatic rings. The van der Waals surface area contributed by atoms with Crippen LogP contribution in [-0.4, -0.2) is 8.42 Å². The molecule has 1 aromatic heterocycles. The highest BCUT2D eigenvalue weighted by Crippen LogP contribution is 2.24. The molecule has 0 aliphatic heterocycles. The van der Waals surface area contributed by atoms with Crippen LogP contribution < -0.4 is 4.72 Å². The van der Waals surface area contributed by atoms with Gasteiger partial charge in [-0.1, -0.05) is 12.1 Å². The van der Waals surface area contributed by atoms with E-state index in [-0.39, 0.29) is 4.21 Å².